The zero-order chi connectivity index (χ0) is 20.4. The molecule has 0 fully saturated rings. The molecule has 1 aliphatic heterocycles. The number of amidine groups is 1. The number of nitrogens with one attached hydrogen (secondary N) is 1. The molecule has 0 radical (unpaired) electrons. The molecule has 148 valence electrons. The maximum absolute atomic E-state index is 12.6. The molecule has 2 heterocycles. The van der Waals surface area contributed by atoms with Crippen molar-refractivity contribution in [2.75, 3.05) is 5.32 Å². The van der Waals surface area contributed by atoms with Gasteiger partial charge in [0.05, 0.1) is 11.9 Å². The quantitative estimate of drug-likeness (QED) is 0.676. The largest absolute Gasteiger partial charge is 0.335 e. The van der Waals surface area contributed by atoms with E-state index < -0.39 is 10.0 Å². The number of hydrogen-bond donors (Lipinski definition) is 1. The van der Waals surface area contributed by atoms with Gasteiger partial charge in [-0.2, -0.15) is 13.5 Å². The van der Waals surface area contributed by atoms with E-state index >= 15 is 0 Å². The Morgan fingerprint density at radius 1 is 1.10 bits per heavy atom. The van der Waals surface area contributed by atoms with Crippen LogP contribution in [-0.4, -0.2) is 29.8 Å². The second-order valence-corrected chi connectivity index (χ2v) is 8.45. The number of nitrogens with zero attached hydrogens (tertiary/aromatic N) is 3. The molecule has 29 heavy (non-hydrogen) atoms. The SMILES string of the molecule is Cn1cc(-c2ccccc2CCCC(=O)C2=NS(=O)(=O)c3ccccc3N2)cn1. The zero-order valence-corrected chi connectivity index (χ0v) is 16.7. The van der Waals surface area contributed by atoms with Crippen LogP contribution in [0.15, 0.2) is 70.2 Å². The maximum Gasteiger partial charge on any atom is 0.286 e. The average molecular weight is 408 g/mol. The Balaban J connectivity index is 1.45. The number of aryl methyl sites for hydroxylation is 2. The first-order valence-electron chi connectivity index (χ1n) is 9.25. The van der Waals surface area contributed by atoms with Gasteiger partial charge in [0, 0.05) is 25.2 Å². The second kappa shape index (κ2) is 7.63. The van der Waals surface area contributed by atoms with Gasteiger partial charge in [0.25, 0.3) is 10.0 Å². The van der Waals surface area contributed by atoms with Crippen molar-refractivity contribution < 1.29 is 13.2 Å². The molecule has 0 atom stereocenters. The highest BCUT2D eigenvalue weighted by Gasteiger charge is 2.27. The van der Waals surface area contributed by atoms with Gasteiger partial charge in [0.15, 0.2) is 11.6 Å². The molecule has 0 saturated carbocycles. The Hall–Kier alpha value is -3.26. The van der Waals surface area contributed by atoms with Crippen LogP contribution in [0.2, 0.25) is 0 Å². The van der Waals surface area contributed by atoms with Gasteiger partial charge >= 0.3 is 0 Å². The summed E-state index contributed by atoms with van der Waals surface area (Å²) in [7, 11) is -1.99. The summed E-state index contributed by atoms with van der Waals surface area (Å²) in [6, 6.07) is 14.4. The fourth-order valence-electron chi connectivity index (χ4n) is 3.37. The molecule has 0 aliphatic carbocycles. The number of benzene rings is 2. The lowest BCUT2D eigenvalue weighted by Gasteiger charge is -2.17. The Kier molecular flexibility index (Phi) is 5.02. The molecular weight excluding hydrogens is 388 g/mol. The average Bonchev–Trinajstić information content (AvgIpc) is 3.14. The normalized spacial score (nSPS) is 14.6. The number of rotatable bonds is 6. The number of Topliss-reactive ketones (excluding diaryl/α,β-unsaturated/α-hetero) is 1. The number of fused-ring (bicyclic) bond motifs is 1. The third kappa shape index (κ3) is 3.97. The van der Waals surface area contributed by atoms with E-state index in [0.717, 1.165) is 16.7 Å². The van der Waals surface area contributed by atoms with E-state index in [1.165, 1.54) is 6.07 Å². The minimum absolute atomic E-state index is 0.0851. The molecular formula is C21H20N4O3S. The molecule has 7 nitrogen and oxygen atoms in total. The second-order valence-electron chi connectivity index (χ2n) is 6.87. The van der Waals surface area contributed by atoms with Gasteiger partial charge < -0.3 is 5.32 Å². The molecule has 1 N–H and O–H groups in total. The summed E-state index contributed by atoms with van der Waals surface area (Å²) in [5, 5.41) is 7.07. The molecule has 8 heteroatoms. The van der Waals surface area contributed by atoms with Crippen molar-refractivity contribution in [1.82, 2.24) is 9.78 Å². The number of ketones is 1. The number of carbonyl (C=O) groups excluding carboxylic acids is 1. The predicted molar refractivity (Wildman–Crippen MR) is 111 cm³/mol. The van der Waals surface area contributed by atoms with Crippen molar-refractivity contribution in [3.05, 3.63) is 66.5 Å². The Morgan fingerprint density at radius 3 is 2.66 bits per heavy atom. The van der Waals surface area contributed by atoms with Gasteiger partial charge in [-0.15, -0.1) is 4.40 Å². The Labute approximate surface area is 169 Å². The predicted octanol–water partition coefficient (Wildman–Crippen LogP) is 3.19. The van der Waals surface area contributed by atoms with Crippen molar-refractivity contribution in [1.29, 1.82) is 0 Å². The van der Waals surface area contributed by atoms with Crippen molar-refractivity contribution in [2.24, 2.45) is 11.4 Å². The molecule has 4 rings (SSSR count). The molecule has 1 aromatic heterocycles. The number of para-hydroxylation sites is 1. The molecule has 2 aromatic carbocycles. The van der Waals surface area contributed by atoms with Crippen molar-refractivity contribution in [2.45, 2.75) is 24.2 Å². The van der Waals surface area contributed by atoms with E-state index in [4.69, 9.17) is 0 Å². The van der Waals surface area contributed by atoms with Gasteiger partial charge in [-0.3, -0.25) is 9.48 Å². The molecule has 0 bridgehead atoms. The van der Waals surface area contributed by atoms with Gasteiger partial charge in [0.1, 0.15) is 4.90 Å². The summed E-state index contributed by atoms with van der Waals surface area (Å²) in [5.74, 6) is -0.439. The highest BCUT2D eigenvalue weighted by Crippen LogP contribution is 2.27. The van der Waals surface area contributed by atoms with E-state index in [0.29, 0.717) is 18.5 Å². The summed E-state index contributed by atoms with van der Waals surface area (Å²) in [6.45, 7) is 0. The molecule has 0 unspecified atom stereocenters. The maximum atomic E-state index is 12.6. The zero-order valence-electron chi connectivity index (χ0n) is 15.9. The van der Waals surface area contributed by atoms with Gasteiger partial charge in [-0.1, -0.05) is 36.4 Å². The monoisotopic (exact) mass is 408 g/mol. The third-order valence-corrected chi connectivity index (χ3v) is 6.11. The van der Waals surface area contributed by atoms with E-state index in [-0.39, 0.29) is 22.9 Å². The molecule has 0 spiro atoms. The van der Waals surface area contributed by atoms with Gasteiger partial charge in [-0.25, -0.2) is 0 Å². The van der Waals surface area contributed by atoms with E-state index in [1.807, 2.05) is 43.7 Å². The lowest BCUT2D eigenvalue weighted by molar-refractivity contribution is -0.113. The first-order valence-corrected chi connectivity index (χ1v) is 10.7. The first-order chi connectivity index (χ1) is 13.9. The first kappa shape index (κ1) is 19.1. The highest BCUT2D eigenvalue weighted by atomic mass is 32.2. The number of hydrogen-bond acceptors (Lipinski definition) is 5. The number of anilines is 1. The number of sulfonamides is 1. The van der Waals surface area contributed by atoms with E-state index in [2.05, 4.69) is 14.8 Å². The summed E-state index contributed by atoms with van der Waals surface area (Å²) in [5.41, 5.74) is 3.60. The van der Waals surface area contributed by atoms with Crippen LogP contribution in [0.4, 0.5) is 5.69 Å². The van der Waals surface area contributed by atoms with Crippen LogP contribution in [0.1, 0.15) is 18.4 Å². The smallest absolute Gasteiger partial charge is 0.286 e. The van der Waals surface area contributed by atoms with Crippen molar-refractivity contribution >= 4 is 27.3 Å². The molecule has 0 saturated heterocycles. The Morgan fingerprint density at radius 2 is 1.86 bits per heavy atom. The van der Waals surface area contributed by atoms with Crippen LogP contribution in [0.25, 0.3) is 11.1 Å². The van der Waals surface area contributed by atoms with Crippen LogP contribution in [0, 0.1) is 0 Å². The van der Waals surface area contributed by atoms with Crippen LogP contribution in [0.3, 0.4) is 0 Å². The van der Waals surface area contributed by atoms with Crippen LogP contribution < -0.4 is 5.32 Å². The van der Waals surface area contributed by atoms with Gasteiger partial charge in [-0.05, 0) is 36.1 Å². The topological polar surface area (TPSA) is 93.4 Å². The summed E-state index contributed by atoms with van der Waals surface area (Å²) < 4.78 is 30.0. The number of carbonyl (C=O) groups is 1. The summed E-state index contributed by atoms with van der Waals surface area (Å²) in [4.78, 5) is 12.7. The lowest BCUT2D eigenvalue weighted by Crippen LogP contribution is -2.28. The van der Waals surface area contributed by atoms with Crippen molar-refractivity contribution in [3.8, 4) is 11.1 Å². The minimum atomic E-state index is -3.86. The molecule has 1 aliphatic rings. The fourth-order valence-corrected chi connectivity index (χ4v) is 4.51. The van der Waals surface area contributed by atoms with Crippen LogP contribution in [0.5, 0.6) is 0 Å². The van der Waals surface area contributed by atoms with Crippen LogP contribution in [-0.2, 0) is 28.3 Å². The standard InChI is InChI=1S/C21H20N4O3S/c1-25-14-16(13-22-25)17-9-3-2-7-15(17)8-6-11-19(26)21-23-18-10-4-5-12-20(18)29(27,28)24-21/h2-5,7,9-10,12-14H,6,8,11H2,1H3,(H,23,24). The lowest BCUT2D eigenvalue weighted by atomic mass is 9.97. The van der Waals surface area contributed by atoms with E-state index in [9.17, 15) is 13.2 Å². The fraction of sp³-hybridized carbons (Fsp3) is 0.190. The van der Waals surface area contributed by atoms with E-state index in [1.54, 1.807) is 22.9 Å². The summed E-state index contributed by atoms with van der Waals surface area (Å²) in [6.07, 6.45) is 5.23. The number of aromatic nitrogens is 2. The summed E-state index contributed by atoms with van der Waals surface area (Å²) >= 11 is 0. The third-order valence-electron chi connectivity index (χ3n) is 4.78. The minimum Gasteiger partial charge on any atom is -0.335 e. The van der Waals surface area contributed by atoms with Crippen LogP contribution >= 0.6 is 0 Å². The highest BCUT2D eigenvalue weighted by molar-refractivity contribution is 7.90. The van der Waals surface area contributed by atoms with Gasteiger partial charge in [0.2, 0.25) is 0 Å². The molecule has 0 amide bonds. The molecule has 3 aromatic rings. The van der Waals surface area contributed by atoms with Crippen molar-refractivity contribution in [3.63, 3.8) is 0 Å². The Bertz CT molecular complexity index is 1210.